The fourth-order valence-corrected chi connectivity index (χ4v) is 2.71. The number of amides is 1. The van der Waals surface area contributed by atoms with E-state index in [1.807, 2.05) is 69.3 Å². The summed E-state index contributed by atoms with van der Waals surface area (Å²) in [7, 11) is 0. The average molecular weight is 334 g/mol. The first-order valence-electron chi connectivity index (χ1n) is 8.41. The van der Waals surface area contributed by atoms with E-state index in [4.69, 9.17) is 4.74 Å². The molecule has 3 rings (SSSR count). The molecule has 0 saturated carbocycles. The summed E-state index contributed by atoms with van der Waals surface area (Å²) >= 11 is 0. The molecule has 0 spiro atoms. The number of carbonyl (C=O) groups excluding carboxylic acids is 1. The predicted molar refractivity (Wildman–Crippen MR) is 102 cm³/mol. The Kier molecular flexibility index (Phi) is 4.70. The maximum Gasteiger partial charge on any atom is 0.280 e. The third-order valence-electron chi connectivity index (χ3n) is 4.30. The fraction of sp³-hybridized carbons (Fsp3) is 0.238. The Balaban J connectivity index is 1.87. The van der Waals surface area contributed by atoms with Gasteiger partial charge in [-0.05, 0) is 74.7 Å². The van der Waals surface area contributed by atoms with Gasteiger partial charge < -0.3 is 4.74 Å². The maximum atomic E-state index is 12.8. The Hall–Kier alpha value is -2.88. The molecule has 1 heterocycles. The highest BCUT2D eigenvalue weighted by molar-refractivity contribution is 6.32. The molecule has 0 N–H and O–H groups in total. The van der Waals surface area contributed by atoms with Crippen LogP contribution in [-0.4, -0.2) is 18.2 Å². The zero-order valence-corrected chi connectivity index (χ0v) is 15.0. The van der Waals surface area contributed by atoms with Gasteiger partial charge in [0.25, 0.3) is 5.91 Å². The molecule has 4 nitrogen and oxygen atoms in total. The summed E-state index contributed by atoms with van der Waals surface area (Å²) < 4.78 is 5.45. The first-order valence-corrected chi connectivity index (χ1v) is 8.41. The standard InChI is InChI=1S/C21H22N2O2/c1-5-25-19-10-7-17(8-11-19)13-20-16(4)22-23(21(20)24)18-9-6-14(2)15(3)12-18/h6-13H,5H2,1-4H3/b20-13-. The smallest absolute Gasteiger partial charge is 0.280 e. The first kappa shape index (κ1) is 17.0. The summed E-state index contributed by atoms with van der Waals surface area (Å²) in [6, 6.07) is 13.6. The minimum atomic E-state index is -0.102. The molecule has 25 heavy (non-hydrogen) atoms. The summed E-state index contributed by atoms with van der Waals surface area (Å²) in [6.45, 7) is 8.53. The number of hydrazone groups is 1. The van der Waals surface area contributed by atoms with Crippen LogP contribution in [0.2, 0.25) is 0 Å². The highest BCUT2D eigenvalue weighted by atomic mass is 16.5. The van der Waals surface area contributed by atoms with Crippen LogP contribution in [0.5, 0.6) is 5.75 Å². The number of carbonyl (C=O) groups is 1. The number of hydrogen-bond acceptors (Lipinski definition) is 3. The quantitative estimate of drug-likeness (QED) is 0.772. The monoisotopic (exact) mass is 334 g/mol. The number of aryl methyl sites for hydroxylation is 2. The molecule has 0 bridgehead atoms. The van der Waals surface area contributed by atoms with Gasteiger partial charge in [0.2, 0.25) is 0 Å². The van der Waals surface area contributed by atoms with E-state index < -0.39 is 0 Å². The van der Waals surface area contributed by atoms with Crippen LogP contribution in [0.15, 0.2) is 53.1 Å². The van der Waals surface area contributed by atoms with Crippen molar-refractivity contribution in [2.24, 2.45) is 5.10 Å². The van der Waals surface area contributed by atoms with Crippen LogP contribution in [0.1, 0.15) is 30.5 Å². The van der Waals surface area contributed by atoms with Crippen molar-refractivity contribution in [1.29, 1.82) is 0 Å². The van der Waals surface area contributed by atoms with E-state index in [9.17, 15) is 4.79 Å². The van der Waals surface area contributed by atoms with Crippen LogP contribution in [0.4, 0.5) is 5.69 Å². The lowest BCUT2D eigenvalue weighted by Gasteiger charge is -2.13. The van der Waals surface area contributed by atoms with Crippen LogP contribution >= 0.6 is 0 Å². The van der Waals surface area contributed by atoms with E-state index in [0.717, 1.165) is 28.3 Å². The lowest BCUT2D eigenvalue weighted by molar-refractivity contribution is -0.114. The number of rotatable bonds is 4. The summed E-state index contributed by atoms with van der Waals surface area (Å²) in [5.41, 5.74) is 5.41. The summed E-state index contributed by atoms with van der Waals surface area (Å²) in [6.07, 6.45) is 1.87. The molecular formula is C21H22N2O2. The largest absolute Gasteiger partial charge is 0.494 e. The number of benzene rings is 2. The SMILES string of the molecule is CCOc1ccc(/C=C2\C(=O)N(c3ccc(C)c(C)c3)N=C2C)cc1. The van der Waals surface area contributed by atoms with Crippen molar-refractivity contribution < 1.29 is 9.53 Å². The van der Waals surface area contributed by atoms with E-state index in [0.29, 0.717) is 12.2 Å². The predicted octanol–water partition coefficient (Wildman–Crippen LogP) is 4.51. The Bertz CT molecular complexity index is 864. The van der Waals surface area contributed by atoms with Crippen molar-refractivity contribution in [3.63, 3.8) is 0 Å². The minimum absolute atomic E-state index is 0.102. The van der Waals surface area contributed by atoms with E-state index >= 15 is 0 Å². The number of anilines is 1. The van der Waals surface area contributed by atoms with Gasteiger partial charge in [0.1, 0.15) is 5.75 Å². The molecule has 0 radical (unpaired) electrons. The van der Waals surface area contributed by atoms with Crippen molar-refractivity contribution in [2.75, 3.05) is 11.6 Å². The molecular weight excluding hydrogens is 312 g/mol. The Morgan fingerprint density at radius 3 is 2.40 bits per heavy atom. The topological polar surface area (TPSA) is 41.9 Å². The second kappa shape index (κ2) is 6.93. The van der Waals surface area contributed by atoms with Crippen molar-refractivity contribution >= 4 is 23.4 Å². The van der Waals surface area contributed by atoms with Crippen LogP contribution < -0.4 is 9.75 Å². The maximum absolute atomic E-state index is 12.8. The third-order valence-corrected chi connectivity index (χ3v) is 4.30. The van der Waals surface area contributed by atoms with Crippen LogP contribution in [0, 0.1) is 13.8 Å². The van der Waals surface area contributed by atoms with Crippen molar-refractivity contribution in [2.45, 2.75) is 27.7 Å². The molecule has 0 aliphatic carbocycles. The van der Waals surface area contributed by atoms with E-state index in [1.165, 1.54) is 10.6 Å². The molecule has 0 fully saturated rings. The van der Waals surface area contributed by atoms with Crippen LogP contribution in [0.3, 0.4) is 0 Å². The van der Waals surface area contributed by atoms with Gasteiger partial charge >= 0.3 is 0 Å². The highest BCUT2D eigenvalue weighted by Crippen LogP contribution is 2.27. The zero-order chi connectivity index (χ0) is 18.0. The minimum Gasteiger partial charge on any atom is -0.494 e. The molecule has 0 saturated heterocycles. The fourth-order valence-electron chi connectivity index (χ4n) is 2.71. The van der Waals surface area contributed by atoms with Crippen molar-refractivity contribution in [1.82, 2.24) is 0 Å². The first-order chi connectivity index (χ1) is 12.0. The highest BCUT2D eigenvalue weighted by Gasteiger charge is 2.28. The molecule has 4 heteroatoms. The van der Waals surface area contributed by atoms with E-state index in [2.05, 4.69) is 12.0 Å². The molecule has 128 valence electrons. The normalized spacial score (nSPS) is 15.7. The average Bonchev–Trinajstić information content (AvgIpc) is 2.87. The molecule has 1 aliphatic rings. The second-order valence-corrected chi connectivity index (χ2v) is 6.13. The van der Waals surface area contributed by atoms with Gasteiger partial charge in [0.15, 0.2) is 0 Å². The summed E-state index contributed by atoms with van der Waals surface area (Å²) in [5.74, 6) is 0.721. The van der Waals surface area contributed by atoms with Gasteiger partial charge in [-0.1, -0.05) is 18.2 Å². The number of nitrogens with zero attached hydrogens (tertiary/aromatic N) is 2. The molecule has 1 aliphatic heterocycles. The van der Waals surface area contributed by atoms with Crippen molar-refractivity contribution in [3.8, 4) is 5.75 Å². The lowest BCUT2D eigenvalue weighted by atomic mass is 10.1. The Morgan fingerprint density at radius 1 is 1.04 bits per heavy atom. The Labute approximate surface area is 148 Å². The summed E-state index contributed by atoms with van der Waals surface area (Å²) in [4.78, 5) is 12.8. The number of hydrogen-bond donors (Lipinski definition) is 0. The van der Waals surface area contributed by atoms with Gasteiger partial charge in [-0.25, -0.2) is 0 Å². The molecule has 0 atom stereocenters. The zero-order valence-electron chi connectivity index (χ0n) is 15.0. The lowest BCUT2D eigenvalue weighted by Crippen LogP contribution is -2.21. The van der Waals surface area contributed by atoms with Gasteiger partial charge in [-0.15, -0.1) is 0 Å². The van der Waals surface area contributed by atoms with Gasteiger partial charge in [0, 0.05) is 0 Å². The van der Waals surface area contributed by atoms with Crippen LogP contribution in [0.25, 0.3) is 6.08 Å². The van der Waals surface area contributed by atoms with E-state index in [-0.39, 0.29) is 5.91 Å². The molecule has 0 unspecified atom stereocenters. The summed E-state index contributed by atoms with van der Waals surface area (Å²) in [5, 5.41) is 5.92. The van der Waals surface area contributed by atoms with Crippen LogP contribution in [-0.2, 0) is 4.79 Å². The van der Waals surface area contributed by atoms with Gasteiger partial charge in [-0.2, -0.15) is 10.1 Å². The molecule has 2 aromatic carbocycles. The Morgan fingerprint density at radius 2 is 1.76 bits per heavy atom. The molecule has 0 aromatic heterocycles. The van der Waals surface area contributed by atoms with Crippen molar-refractivity contribution in [3.05, 3.63) is 64.7 Å². The van der Waals surface area contributed by atoms with E-state index in [1.54, 1.807) is 0 Å². The van der Waals surface area contributed by atoms with Gasteiger partial charge in [-0.3, -0.25) is 4.79 Å². The molecule has 1 amide bonds. The molecule has 2 aromatic rings. The van der Waals surface area contributed by atoms with Gasteiger partial charge in [0.05, 0.1) is 23.6 Å². The third kappa shape index (κ3) is 3.48. The number of ether oxygens (including phenoxy) is 1. The second-order valence-electron chi connectivity index (χ2n) is 6.13.